The molecule has 0 aliphatic carbocycles. The Morgan fingerprint density at radius 2 is 1.75 bits per heavy atom. The summed E-state index contributed by atoms with van der Waals surface area (Å²) >= 11 is 0. The highest BCUT2D eigenvalue weighted by Crippen LogP contribution is 2.20. The standard InChI is InChI=1S/C17H25N2O/c1-12(2)16(10-20)18-6-7-19(11-18)17-14(4)8-13(3)9-15(17)5/h6-9,11-12,16,20H,10H2,1-5H3/q+1/t16-/m1/s1. The van der Waals surface area contributed by atoms with Gasteiger partial charge in [0.25, 0.3) is 0 Å². The monoisotopic (exact) mass is 273 g/mol. The molecule has 1 atom stereocenters. The van der Waals surface area contributed by atoms with E-state index in [9.17, 15) is 5.11 Å². The van der Waals surface area contributed by atoms with Crippen LogP contribution in [0.15, 0.2) is 30.9 Å². The van der Waals surface area contributed by atoms with Crippen LogP contribution >= 0.6 is 0 Å². The van der Waals surface area contributed by atoms with E-state index in [2.05, 4.69) is 68.4 Å². The lowest BCUT2D eigenvalue weighted by Crippen LogP contribution is -2.42. The molecule has 0 aliphatic heterocycles. The third-order valence-corrected chi connectivity index (χ3v) is 3.89. The van der Waals surface area contributed by atoms with Gasteiger partial charge in [-0.15, -0.1) is 0 Å². The Bertz CT molecular complexity index is 576. The van der Waals surface area contributed by atoms with Crippen molar-refractivity contribution in [1.82, 2.24) is 4.57 Å². The Balaban J connectivity index is 2.43. The molecular weight excluding hydrogens is 248 g/mol. The zero-order valence-electron chi connectivity index (χ0n) is 13.1. The number of hydrogen-bond donors (Lipinski definition) is 1. The van der Waals surface area contributed by atoms with Gasteiger partial charge in [-0.3, -0.25) is 0 Å². The predicted octanol–water partition coefficient (Wildman–Crippen LogP) is 2.88. The predicted molar refractivity (Wildman–Crippen MR) is 81.1 cm³/mol. The molecule has 0 aliphatic rings. The van der Waals surface area contributed by atoms with Crippen molar-refractivity contribution >= 4 is 0 Å². The second-order valence-corrected chi connectivity index (χ2v) is 6.01. The molecule has 2 aromatic rings. The number of benzene rings is 1. The normalized spacial score (nSPS) is 12.9. The van der Waals surface area contributed by atoms with Crippen molar-refractivity contribution in [1.29, 1.82) is 0 Å². The van der Waals surface area contributed by atoms with Crippen LogP contribution in [0.3, 0.4) is 0 Å². The zero-order chi connectivity index (χ0) is 14.9. The molecule has 2 rings (SSSR count). The average Bonchev–Trinajstić information content (AvgIpc) is 2.77. The number of aliphatic hydroxyl groups excluding tert-OH is 1. The van der Waals surface area contributed by atoms with Gasteiger partial charge in [0.1, 0.15) is 24.1 Å². The molecule has 0 saturated heterocycles. The van der Waals surface area contributed by atoms with Gasteiger partial charge in [-0.2, -0.15) is 0 Å². The summed E-state index contributed by atoms with van der Waals surface area (Å²) in [5.41, 5.74) is 5.07. The van der Waals surface area contributed by atoms with Gasteiger partial charge in [0.15, 0.2) is 0 Å². The fraction of sp³-hybridized carbons (Fsp3) is 0.471. The van der Waals surface area contributed by atoms with Crippen LogP contribution in [0.5, 0.6) is 0 Å². The lowest BCUT2D eigenvalue weighted by Gasteiger charge is -2.14. The van der Waals surface area contributed by atoms with Crippen molar-refractivity contribution in [3.05, 3.63) is 47.5 Å². The van der Waals surface area contributed by atoms with E-state index >= 15 is 0 Å². The summed E-state index contributed by atoms with van der Waals surface area (Å²) in [7, 11) is 0. The molecule has 0 saturated carbocycles. The molecule has 20 heavy (non-hydrogen) atoms. The second-order valence-electron chi connectivity index (χ2n) is 6.01. The molecule has 0 fully saturated rings. The summed E-state index contributed by atoms with van der Waals surface area (Å²) in [5, 5.41) is 9.55. The molecule has 3 nitrogen and oxygen atoms in total. The van der Waals surface area contributed by atoms with Crippen LogP contribution in [0.4, 0.5) is 0 Å². The SMILES string of the molecule is Cc1cc(C)c(-n2cc[n+]([C@H](CO)C(C)C)c2)c(C)c1. The van der Waals surface area contributed by atoms with Gasteiger partial charge < -0.3 is 5.11 Å². The molecule has 1 N–H and O–H groups in total. The molecule has 0 bridgehead atoms. The number of hydrogen-bond acceptors (Lipinski definition) is 1. The van der Waals surface area contributed by atoms with Crippen LogP contribution in [-0.2, 0) is 0 Å². The quantitative estimate of drug-likeness (QED) is 0.853. The number of aryl methyl sites for hydroxylation is 3. The summed E-state index contributed by atoms with van der Waals surface area (Å²) in [6.45, 7) is 10.8. The maximum Gasteiger partial charge on any atom is 0.249 e. The Morgan fingerprint density at radius 3 is 2.25 bits per heavy atom. The topological polar surface area (TPSA) is 29.0 Å². The van der Waals surface area contributed by atoms with Crippen LogP contribution in [0.1, 0.15) is 36.6 Å². The third-order valence-electron chi connectivity index (χ3n) is 3.89. The molecule has 0 amide bonds. The van der Waals surface area contributed by atoms with Crippen LogP contribution in [-0.4, -0.2) is 16.3 Å². The van der Waals surface area contributed by atoms with Crippen molar-refractivity contribution in [3.63, 3.8) is 0 Å². The Morgan fingerprint density at radius 1 is 1.15 bits per heavy atom. The molecule has 1 aromatic carbocycles. The van der Waals surface area contributed by atoms with Crippen LogP contribution in [0.2, 0.25) is 0 Å². The van der Waals surface area contributed by atoms with Gasteiger partial charge in [0.05, 0.1) is 6.61 Å². The maximum absolute atomic E-state index is 9.55. The van der Waals surface area contributed by atoms with Crippen molar-refractivity contribution in [2.24, 2.45) is 5.92 Å². The van der Waals surface area contributed by atoms with E-state index in [-0.39, 0.29) is 12.6 Å². The summed E-state index contributed by atoms with van der Waals surface area (Å²) in [6.07, 6.45) is 6.18. The zero-order valence-corrected chi connectivity index (χ0v) is 13.1. The highest BCUT2D eigenvalue weighted by molar-refractivity contribution is 5.48. The van der Waals surface area contributed by atoms with E-state index in [1.807, 2.05) is 6.20 Å². The van der Waals surface area contributed by atoms with Gasteiger partial charge >= 0.3 is 0 Å². The average molecular weight is 273 g/mol. The van der Waals surface area contributed by atoms with Gasteiger partial charge in [-0.05, 0) is 37.8 Å². The van der Waals surface area contributed by atoms with Crippen LogP contribution < -0.4 is 4.57 Å². The van der Waals surface area contributed by atoms with Crippen molar-refractivity contribution in [3.8, 4) is 5.69 Å². The number of rotatable bonds is 4. The minimum absolute atomic E-state index is 0.127. The molecule has 0 radical (unpaired) electrons. The largest absolute Gasteiger partial charge is 0.392 e. The minimum atomic E-state index is 0.127. The van der Waals surface area contributed by atoms with Gasteiger partial charge in [0.2, 0.25) is 6.33 Å². The van der Waals surface area contributed by atoms with Crippen molar-refractivity contribution in [2.45, 2.75) is 40.7 Å². The van der Waals surface area contributed by atoms with E-state index in [4.69, 9.17) is 0 Å². The first-order chi connectivity index (χ1) is 9.43. The molecule has 1 heterocycles. The molecular formula is C17H25N2O+. The number of nitrogens with zero attached hydrogens (tertiary/aromatic N) is 2. The molecule has 1 aromatic heterocycles. The Kier molecular flexibility index (Phi) is 4.29. The number of imidazole rings is 1. The van der Waals surface area contributed by atoms with E-state index < -0.39 is 0 Å². The minimum Gasteiger partial charge on any atom is -0.392 e. The van der Waals surface area contributed by atoms with Crippen molar-refractivity contribution in [2.75, 3.05) is 6.61 Å². The molecule has 0 spiro atoms. The summed E-state index contributed by atoms with van der Waals surface area (Å²) in [6, 6.07) is 4.54. The van der Waals surface area contributed by atoms with E-state index in [0.29, 0.717) is 5.92 Å². The van der Waals surface area contributed by atoms with Crippen molar-refractivity contribution < 1.29 is 9.67 Å². The van der Waals surface area contributed by atoms with Gasteiger partial charge in [-0.1, -0.05) is 31.5 Å². The summed E-state index contributed by atoms with van der Waals surface area (Å²) in [4.78, 5) is 0. The lowest BCUT2D eigenvalue weighted by atomic mass is 10.1. The van der Waals surface area contributed by atoms with E-state index in [1.165, 1.54) is 22.4 Å². The fourth-order valence-corrected chi connectivity index (χ4v) is 2.93. The lowest BCUT2D eigenvalue weighted by molar-refractivity contribution is -0.730. The highest BCUT2D eigenvalue weighted by atomic mass is 16.3. The first-order valence-electron chi connectivity index (χ1n) is 7.22. The highest BCUT2D eigenvalue weighted by Gasteiger charge is 2.21. The number of aromatic nitrogens is 2. The number of aliphatic hydroxyl groups is 1. The molecule has 108 valence electrons. The van der Waals surface area contributed by atoms with Gasteiger partial charge in [-0.25, -0.2) is 9.13 Å². The Labute approximate surface area is 121 Å². The van der Waals surface area contributed by atoms with Crippen LogP contribution in [0.25, 0.3) is 5.69 Å². The maximum atomic E-state index is 9.55. The molecule has 0 unspecified atom stereocenters. The fourth-order valence-electron chi connectivity index (χ4n) is 2.93. The first kappa shape index (κ1) is 14.8. The van der Waals surface area contributed by atoms with E-state index in [1.54, 1.807) is 0 Å². The third kappa shape index (κ3) is 2.78. The van der Waals surface area contributed by atoms with Crippen LogP contribution in [0, 0.1) is 26.7 Å². The second kappa shape index (κ2) is 5.80. The Hall–Kier alpha value is -1.61. The smallest absolute Gasteiger partial charge is 0.249 e. The van der Waals surface area contributed by atoms with E-state index in [0.717, 1.165) is 0 Å². The first-order valence-corrected chi connectivity index (χ1v) is 7.22. The van der Waals surface area contributed by atoms with Gasteiger partial charge in [0, 0.05) is 0 Å². The molecule has 3 heteroatoms. The summed E-state index contributed by atoms with van der Waals surface area (Å²) < 4.78 is 4.25. The summed E-state index contributed by atoms with van der Waals surface area (Å²) in [5.74, 6) is 0.404.